The van der Waals surface area contributed by atoms with E-state index in [9.17, 15) is 13.2 Å². The molecule has 3 aromatic rings. The number of nitrogens with one attached hydrogen (secondary N) is 1. The fraction of sp³-hybridized carbons (Fsp3) is 0.273. The molecule has 0 spiro atoms. The summed E-state index contributed by atoms with van der Waals surface area (Å²) in [5, 5.41) is 3.02. The first-order valence-corrected chi connectivity index (χ1v) is 9.81. The van der Waals surface area contributed by atoms with Crippen molar-refractivity contribution < 1.29 is 17.9 Å². The van der Waals surface area contributed by atoms with Crippen molar-refractivity contribution in [3.63, 3.8) is 0 Å². The van der Waals surface area contributed by atoms with Crippen molar-refractivity contribution in [2.75, 3.05) is 0 Å². The molecule has 2 aromatic carbocycles. The average Bonchev–Trinajstić information content (AvgIpc) is 3.19. The largest absolute Gasteiger partial charge is 0.573 e. The van der Waals surface area contributed by atoms with E-state index in [1.807, 2.05) is 24.4 Å². The molecule has 0 amide bonds. The Balaban J connectivity index is 1.44. The highest BCUT2D eigenvalue weighted by molar-refractivity contribution is 5.77. The van der Waals surface area contributed by atoms with E-state index in [2.05, 4.69) is 36.7 Å². The molecule has 9 heteroatoms. The molecule has 1 heterocycles. The fourth-order valence-electron chi connectivity index (χ4n) is 3.01. The van der Waals surface area contributed by atoms with Gasteiger partial charge in [0.05, 0.1) is 13.1 Å². The third-order valence-corrected chi connectivity index (χ3v) is 4.53. The number of imidazole rings is 1. The number of hydrogen-bond donors (Lipinski definition) is 2. The van der Waals surface area contributed by atoms with Gasteiger partial charge in [-0.05, 0) is 36.1 Å². The third-order valence-electron chi connectivity index (χ3n) is 4.53. The van der Waals surface area contributed by atoms with Gasteiger partial charge in [-0.25, -0.2) is 9.98 Å². The van der Waals surface area contributed by atoms with E-state index in [0.29, 0.717) is 12.1 Å². The Bertz CT molecular complexity index is 969. The van der Waals surface area contributed by atoms with Crippen molar-refractivity contribution in [3.05, 3.63) is 83.9 Å². The van der Waals surface area contributed by atoms with Gasteiger partial charge in [-0.1, -0.05) is 42.5 Å². The molecule has 31 heavy (non-hydrogen) atoms. The second kappa shape index (κ2) is 10.5. The summed E-state index contributed by atoms with van der Waals surface area (Å²) in [6.07, 6.45) is 0.950. The van der Waals surface area contributed by atoms with Gasteiger partial charge < -0.3 is 20.4 Å². The van der Waals surface area contributed by atoms with Gasteiger partial charge in [-0.2, -0.15) is 0 Å². The lowest BCUT2D eigenvalue weighted by atomic mass is 10.1. The number of aliphatic imine (C=N–C) groups is 1. The predicted octanol–water partition coefficient (Wildman–Crippen LogP) is 4.02. The van der Waals surface area contributed by atoms with Gasteiger partial charge in [-0.3, -0.25) is 0 Å². The van der Waals surface area contributed by atoms with Crippen LogP contribution >= 0.6 is 0 Å². The summed E-state index contributed by atoms with van der Waals surface area (Å²) < 4.78 is 42.5. The van der Waals surface area contributed by atoms with Gasteiger partial charge in [0.1, 0.15) is 11.6 Å². The van der Waals surface area contributed by atoms with Crippen molar-refractivity contribution in [1.29, 1.82) is 0 Å². The van der Waals surface area contributed by atoms with Crippen molar-refractivity contribution in [1.82, 2.24) is 14.9 Å². The molecule has 0 aliphatic heterocycles. The van der Waals surface area contributed by atoms with Crippen molar-refractivity contribution in [2.45, 2.75) is 38.8 Å². The van der Waals surface area contributed by atoms with Crippen LogP contribution in [0.3, 0.4) is 0 Å². The zero-order chi connectivity index (χ0) is 22.1. The average molecular weight is 431 g/mol. The van der Waals surface area contributed by atoms with Crippen LogP contribution in [0.25, 0.3) is 0 Å². The number of rotatable bonds is 9. The van der Waals surface area contributed by atoms with Crippen LogP contribution in [0.2, 0.25) is 0 Å². The second-order valence-electron chi connectivity index (χ2n) is 6.87. The Labute approximate surface area is 178 Å². The number of alkyl halides is 3. The topological polar surface area (TPSA) is 77.5 Å². The number of nitrogens with two attached hydrogens (primary N) is 1. The molecule has 0 saturated heterocycles. The molecule has 0 fully saturated rings. The van der Waals surface area contributed by atoms with E-state index < -0.39 is 6.36 Å². The number of nitrogens with zero attached hydrogens (tertiary/aromatic N) is 3. The van der Waals surface area contributed by atoms with Crippen LogP contribution in [0.5, 0.6) is 5.75 Å². The Morgan fingerprint density at radius 2 is 1.81 bits per heavy atom. The van der Waals surface area contributed by atoms with Gasteiger partial charge in [0.15, 0.2) is 5.96 Å². The minimum Gasteiger partial charge on any atom is -0.406 e. The lowest BCUT2D eigenvalue weighted by Gasteiger charge is -2.10. The van der Waals surface area contributed by atoms with Gasteiger partial charge in [-0.15, -0.1) is 13.2 Å². The van der Waals surface area contributed by atoms with Crippen LogP contribution in [-0.4, -0.2) is 21.9 Å². The summed E-state index contributed by atoms with van der Waals surface area (Å²) >= 11 is 0. The molecule has 3 rings (SSSR count). The molecule has 0 aliphatic rings. The minimum atomic E-state index is -4.71. The monoisotopic (exact) mass is 431 g/mol. The SMILES string of the molecule is NC(=NCc1ccc(OC(F)(F)F)cc1)NCc1nccn1CCCc1ccccc1. The quantitative estimate of drug-likeness (QED) is 0.396. The number of aromatic nitrogens is 2. The maximum absolute atomic E-state index is 12.2. The zero-order valence-electron chi connectivity index (χ0n) is 16.8. The van der Waals surface area contributed by atoms with Crippen LogP contribution in [0.15, 0.2) is 72.0 Å². The summed E-state index contributed by atoms with van der Waals surface area (Å²) in [7, 11) is 0. The van der Waals surface area contributed by atoms with Crippen LogP contribution in [0, 0.1) is 0 Å². The molecule has 0 radical (unpaired) electrons. The van der Waals surface area contributed by atoms with E-state index in [0.717, 1.165) is 25.2 Å². The molecule has 0 aliphatic carbocycles. The predicted molar refractivity (Wildman–Crippen MR) is 112 cm³/mol. The van der Waals surface area contributed by atoms with Crippen molar-refractivity contribution >= 4 is 5.96 Å². The number of guanidine groups is 1. The molecule has 0 saturated carbocycles. The maximum atomic E-state index is 12.2. The number of hydrogen-bond acceptors (Lipinski definition) is 3. The third kappa shape index (κ3) is 7.69. The van der Waals surface area contributed by atoms with Gasteiger partial charge in [0, 0.05) is 18.9 Å². The molecule has 3 N–H and O–H groups in total. The summed E-state index contributed by atoms with van der Waals surface area (Å²) in [6.45, 7) is 1.50. The van der Waals surface area contributed by atoms with Gasteiger partial charge in [0.2, 0.25) is 0 Å². The second-order valence-corrected chi connectivity index (χ2v) is 6.87. The van der Waals surface area contributed by atoms with Crippen molar-refractivity contribution in [2.24, 2.45) is 10.7 Å². The number of benzene rings is 2. The Morgan fingerprint density at radius 1 is 1.06 bits per heavy atom. The maximum Gasteiger partial charge on any atom is 0.573 e. The highest BCUT2D eigenvalue weighted by Gasteiger charge is 2.30. The molecule has 164 valence electrons. The van der Waals surface area contributed by atoms with Crippen LogP contribution in [-0.2, 0) is 26.1 Å². The first-order chi connectivity index (χ1) is 14.9. The van der Waals surface area contributed by atoms with Gasteiger partial charge in [0.25, 0.3) is 0 Å². The lowest BCUT2D eigenvalue weighted by Crippen LogP contribution is -2.32. The highest BCUT2D eigenvalue weighted by Crippen LogP contribution is 2.22. The molecule has 1 aromatic heterocycles. The molecule has 0 atom stereocenters. The summed E-state index contributed by atoms with van der Waals surface area (Å²) in [5.74, 6) is 0.805. The van der Waals surface area contributed by atoms with Crippen molar-refractivity contribution in [3.8, 4) is 5.75 Å². The van der Waals surface area contributed by atoms with E-state index >= 15 is 0 Å². The fourth-order valence-corrected chi connectivity index (χ4v) is 3.01. The molecule has 0 unspecified atom stereocenters. The number of halogens is 3. The minimum absolute atomic E-state index is 0.231. The van der Waals surface area contributed by atoms with Crippen LogP contribution in [0.4, 0.5) is 13.2 Å². The molecular formula is C22H24F3N5O. The van der Waals surface area contributed by atoms with E-state index in [1.165, 1.54) is 29.8 Å². The standard InChI is InChI=1S/C22H24F3N5O/c23-22(24,25)31-19-10-8-18(9-11-19)15-28-21(26)29-16-20-27-12-14-30(20)13-4-7-17-5-2-1-3-6-17/h1-3,5-6,8-12,14H,4,7,13,15-16H2,(H3,26,28,29). The van der Waals surface area contributed by atoms with Crippen LogP contribution in [0.1, 0.15) is 23.4 Å². The lowest BCUT2D eigenvalue weighted by molar-refractivity contribution is -0.274. The molecule has 6 nitrogen and oxygen atoms in total. The van der Waals surface area contributed by atoms with E-state index in [-0.39, 0.29) is 18.3 Å². The summed E-state index contributed by atoms with van der Waals surface area (Å²) in [6, 6.07) is 15.8. The number of aryl methyl sites for hydroxylation is 2. The Morgan fingerprint density at radius 3 is 2.52 bits per heavy atom. The summed E-state index contributed by atoms with van der Waals surface area (Å²) in [4.78, 5) is 8.57. The van der Waals surface area contributed by atoms with E-state index in [4.69, 9.17) is 5.73 Å². The first kappa shape index (κ1) is 22.2. The van der Waals surface area contributed by atoms with E-state index in [1.54, 1.807) is 6.20 Å². The molecular weight excluding hydrogens is 407 g/mol. The summed E-state index contributed by atoms with van der Waals surface area (Å²) in [5.41, 5.74) is 7.92. The highest BCUT2D eigenvalue weighted by atomic mass is 19.4. The zero-order valence-corrected chi connectivity index (χ0v) is 16.8. The molecule has 0 bridgehead atoms. The van der Waals surface area contributed by atoms with Gasteiger partial charge >= 0.3 is 6.36 Å². The van der Waals surface area contributed by atoms with Crippen LogP contribution < -0.4 is 15.8 Å². The Kier molecular flexibility index (Phi) is 7.53. The smallest absolute Gasteiger partial charge is 0.406 e. The number of ether oxygens (including phenoxy) is 1. The Hall–Kier alpha value is -3.49. The first-order valence-electron chi connectivity index (χ1n) is 9.81. The normalized spacial score (nSPS) is 12.0.